The Morgan fingerprint density at radius 2 is 1.64 bits per heavy atom. The van der Waals surface area contributed by atoms with E-state index in [1.54, 1.807) is 0 Å². The van der Waals surface area contributed by atoms with Crippen LogP contribution in [0.1, 0.15) is 35.4 Å². The average molecular weight is 294 g/mol. The van der Waals surface area contributed by atoms with Crippen molar-refractivity contribution in [2.45, 2.75) is 32.0 Å². The average Bonchev–Trinajstić information content (AvgIpc) is 2.87. The maximum absolute atomic E-state index is 11.8. The molecule has 112 valence electrons. The smallest absolute Gasteiger partial charge is 0.148 e. The first-order valence-corrected chi connectivity index (χ1v) is 7.47. The van der Waals surface area contributed by atoms with Crippen molar-refractivity contribution < 1.29 is 14.3 Å². The lowest BCUT2D eigenvalue weighted by molar-refractivity contribution is -0.121. The molecule has 3 rings (SSSR count). The molecule has 22 heavy (non-hydrogen) atoms. The van der Waals surface area contributed by atoms with E-state index in [9.17, 15) is 9.59 Å². The predicted molar refractivity (Wildman–Crippen MR) is 83.4 cm³/mol. The van der Waals surface area contributed by atoms with Crippen LogP contribution in [0.2, 0.25) is 0 Å². The molecule has 1 atom stereocenters. The van der Waals surface area contributed by atoms with Gasteiger partial charge in [-0.25, -0.2) is 0 Å². The van der Waals surface area contributed by atoms with Gasteiger partial charge >= 0.3 is 0 Å². The molecule has 0 amide bonds. The number of carbonyl (C=O) groups is 2. The molecule has 0 heterocycles. The van der Waals surface area contributed by atoms with Crippen LogP contribution in [-0.2, 0) is 27.5 Å². The third-order valence-electron chi connectivity index (χ3n) is 3.93. The van der Waals surface area contributed by atoms with E-state index < -0.39 is 0 Å². The van der Waals surface area contributed by atoms with E-state index in [4.69, 9.17) is 4.74 Å². The van der Waals surface area contributed by atoms with E-state index in [1.165, 1.54) is 0 Å². The van der Waals surface area contributed by atoms with Crippen molar-refractivity contribution in [1.82, 2.24) is 0 Å². The summed E-state index contributed by atoms with van der Waals surface area (Å²) < 4.78 is 5.72. The quantitative estimate of drug-likeness (QED) is 0.794. The minimum Gasteiger partial charge on any atom is -0.372 e. The number of carbonyl (C=O) groups excluding carboxylic acids is 2. The third-order valence-corrected chi connectivity index (χ3v) is 3.93. The summed E-state index contributed by atoms with van der Waals surface area (Å²) in [5.41, 5.74) is 3.09. The van der Waals surface area contributed by atoms with Crippen LogP contribution < -0.4 is 0 Å². The molecular formula is C19H18O3. The van der Waals surface area contributed by atoms with Crippen LogP contribution >= 0.6 is 0 Å². The molecule has 0 spiro atoms. The number of ether oxygens (including phenoxy) is 1. The first kappa shape index (κ1) is 14.7. The highest BCUT2D eigenvalue weighted by molar-refractivity contribution is 6.09. The number of hydrogen-bond acceptors (Lipinski definition) is 3. The molecule has 3 nitrogen and oxygen atoms in total. The van der Waals surface area contributed by atoms with E-state index in [2.05, 4.69) is 0 Å². The summed E-state index contributed by atoms with van der Waals surface area (Å²) >= 11 is 0. The summed E-state index contributed by atoms with van der Waals surface area (Å²) in [6.07, 6.45) is 0.423. The Morgan fingerprint density at radius 1 is 0.909 bits per heavy atom. The Morgan fingerprint density at radius 3 is 2.36 bits per heavy atom. The maximum Gasteiger partial charge on any atom is 0.148 e. The van der Waals surface area contributed by atoms with Gasteiger partial charge in [0, 0.05) is 6.42 Å². The molecule has 0 aromatic heterocycles. The van der Waals surface area contributed by atoms with E-state index in [0.717, 1.165) is 16.7 Å². The summed E-state index contributed by atoms with van der Waals surface area (Å²) in [6, 6.07) is 17.8. The first-order valence-electron chi connectivity index (χ1n) is 7.47. The fourth-order valence-corrected chi connectivity index (χ4v) is 2.80. The van der Waals surface area contributed by atoms with Gasteiger partial charge in [-0.2, -0.15) is 0 Å². The van der Waals surface area contributed by atoms with Crippen LogP contribution in [0.15, 0.2) is 54.6 Å². The lowest BCUT2D eigenvalue weighted by Gasteiger charge is -2.10. The molecule has 0 aliphatic heterocycles. The molecule has 2 aromatic rings. The Balaban J connectivity index is 1.62. The molecule has 0 radical (unpaired) electrons. The van der Waals surface area contributed by atoms with Crippen LogP contribution in [0.4, 0.5) is 0 Å². The van der Waals surface area contributed by atoms with E-state index >= 15 is 0 Å². The summed E-state index contributed by atoms with van der Waals surface area (Å²) in [6.45, 7) is 1.06. The summed E-state index contributed by atoms with van der Waals surface area (Å²) in [7, 11) is 0. The van der Waals surface area contributed by atoms with E-state index in [0.29, 0.717) is 19.6 Å². The molecule has 0 bridgehead atoms. The topological polar surface area (TPSA) is 43.4 Å². The molecule has 0 N–H and O–H groups in total. The zero-order valence-corrected chi connectivity index (χ0v) is 12.3. The second-order valence-electron chi connectivity index (χ2n) is 5.66. The molecule has 2 aromatic carbocycles. The summed E-state index contributed by atoms with van der Waals surface area (Å²) in [5, 5.41) is 0. The molecule has 1 fully saturated rings. The Hall–Kier alpha value is -2.26. The van der Waals surface area contributed by atoms with Crippen molar-refractivity contribution in [3.05, 3.63) is 71.3 Å². The zero-order chi connectivity index (χ0) is 15.4. The molecule has 3 heteroatoms. The fourth-order valence-electron chi connectivity index (χ4n) is 2.80. The van der Waals surface area contributed by atoms with Crippen molar-refractivity contribution in [1.29, 1.82) is 0 Å². The molecule has 1 aliphatic rings. The SMILES string of the molecule is O=C1CC(=O)C(c2cccc(COCc3ccccc3)c2)C1. The highest BCUT2D eigenvalue weighted by atomic mass is 16.5. The van der Waals surface area contributed by atoms with Crippen molar-refractivity contribution in [2.24, 2.45) is 0 Å². The van der Waals surface area contributed by atoms with Crippen LogP contribution in [-0.4, -0.2) is 11.6 Å². The van der Waals surface area contributed by atoms with Gasteiger partial charge in [0.15, 0.2) is 0 Å². The van der Waals surface area contributed by atoms with E-state index in [-0.39, 0.29) is 23.9 Å². The Kier molecular flexibility index (Phi) is 4.45. The molecule has 1 unspecified atom stereocenters. The van der Waals surface area contributed by atoms with Gasteiger partial charge in [0.25, 0.3) is 0 Å². The summed E-state index contributed by atoms with van der Waals surface area (Å²) in [4.78, 5) is 23.2. The lowest BCUT2D eigenvalue weighted by Crippen LogP contribution is -2.05. The Bertz CT molecular complexity index is 676. The second-order valence-corrected chi connectivity index (χ2v) is 5.66. The highest BCUT2D eigenvalue weighted by Gasteiger charge is 2.31. The zero-order valence-electron chi connectivity index (χ0n) is 12.3. The third kappa shape index (κ3) is 3.49. The Labute approximate surface area is 129 Å². The van der Waals surface area contributed by atoms with Crippen molar-refractivity contribution in [3.63, 3.8) is 0 Å². The van der Waals surface area contributed by atoms with Gasteiger partial charge in [0.05, 0.1) is 25.6 Å². The van der Waals surface area contributed by atoms with Gasteiger partial charge in [-0.3, -0.25) is 9.59 Å². The monoisotopic (exact) mass is 294 g/mol. The minimum atomic E-state index is -0.262. The lowest BCUT2D eigenvalue weighted by atomic mass is 9.95. The van der Waals surface area contributed by atoms with Crippen LogP contribution in [0, 0.1) is 0 Å². The van der Waals surface area contributed by atoms with Crippen molar-refractivity contribution in [2.75, 3.05) is 0 Å². The van der Waals surface area contributed by atoms with Gasteiger partial charge in [0.2, 0.25) is 0 Å². The van der Waals surface area contributed by atoms with Gasteiger partial charge < -0.3 is 4.74 Å². The van der Waals surface area contributed by atoms with Crippen molar-refractivity contribution in [3.8, 4) is 0 Å². The normalized spacial score (nSPS) is 17.9. The van der Waals surface area contributed by atoms with Gasteiger partial charge in [-0.1, -0.05) is 54.6 Å². The van der Waals surface area contributed by atoms with Gasteiger partial charge in [0.1, 0.15) is 11.6 Å². The van der Waals surface area contributed by atoms with Crippen LogP contribution in [0.3, 0.4) is 0 Å². The molecule has 0 saturated heterocycles. The van der Waals surface area contributed by atoms with Crippen LogP contribution in [0.5, 0.6) is 0 Å². The number of Topliss-reactive ketones (excluding diaryl/α,β-unsaturated/α-hetero) is 2. The number of benzene rings is 2. The number of hydrogen-bond donors (Lipinski definition) is 0. The number of rotatable bonds is 5. The molecular weight excluding hydrogens is 276 g/mol. The maximum atomic E-state index is 11.8. The van der Waals surface area contributed by atoms with Crippen molar-refractivity contribution >= 4 is 11.6 Å². The predicted octanol–water partition coefficient (Wildman–Crippen LogP) is 3.42. The van der Waals surface area contributed by atoms with Crippen LogP contribution in [0.25, 0.3) is 0 Å². The van der Waals surface area contributed by atoms with Gasteiger partial charge in [-0.15, -0.1) is 0 Å². The summed E-state index contributed by atoms with van der Waals surface area (Å²) in [5.74, 6) is -0.186. The number of ketones is 2. The first-order chi connectivity index (χ1) is 10.7. The standard InChI is InChI=1S/C19H18O3/c20-17-10-18(19(21)11-17)16-8-4-7-15(9-16)13-22-12-14-5-2-1-3-6-14/h1-9,18H,10-13H2. The minimum absolute atomic E-state index is 0.0346. The fraction of sp³-hybridized carbons (Fsp3) is 0.263. The molecule has 1 saturated carbocycles. The highest BCUT2D eigenvalue weighted by Crippen LogP contribution is 2.29. The largest absolute Gasteiger partial charge is 0.372 e. The second kappa shape index (κ2) is 6.67. The van der Waals surface area contributed by atoms with Gasteiger partial charge in [-0.05, 0) is 16.7 Å². The molecule has 1 aliphatic carbocycles. The van der Waals surface area contributed by atoms with E-state index in [1.807, 2.05) is 54.6 Å².